The molecule has 2 aromatic carbocycles. The summed E-state index contributed by atoms with van der Waals surface area (Å²) in [5.41, 5.74) is 19.9. The predicted molar refractivity (Wildman–Crippen MR) is 152 cm³/mol. The van der Waals surface area contributed by atoms with E-state index >= 15 is 0 Å². The Kier molecular flexibility index (Phi) is 11.8. The first-order valence-corrected chi connectivity index (χ1v) is 13.4. The second kappa shape index (κ2) is 15.5. The van der Waals surface area contributed by atoms with Crippen LogP contribution in [0.2, 0.25) is 0 Å². The number of nitrogens with zero attached hydrogens (tertiary/aromatic N) is 1. The zero-order valence-electron chi connectivity index (χ0n) is 22.3. The number of rotatable bonds is 15. The Morgan fingerprint density at radius 3 is 2.26 bits per heavy atom. The van der Waals surface area contributed by atoms with E-state index in [2.05, 4.69) is 15.6 Å². The number of fused-ring (bicyclic) bond motifs is 1. The predicted octanol–water partition coefficient (Wildman–Crippen LogP) is 0.954. The number of pyridine rings is 1. The monoisotopic (exact) mass is 534 g/mol. The third-order valence-corrected chi connectivity index (χ3v) is 6.47. The zero-order chi connectivity index (χ0) is 28.0. The molecule has 208 valence electrons. The average Bonchev–Trinajstić information content (AvgIpc) is 2.95. The number of aryl methyl sites for hydroxylation is 1. The van der Waals surface area contributed by atoms with Crippen molar-refractivity contribution in [3.8, 4) is 0 Å². The van der Waals surface area contributed by atoms with Crippen molar-refractivity contribution in [1.29, 1.82) is 0 Å². The molecular weight excluding hydrogens is 494 g/mol. The second-order valence-electron chi connectivity index (χ2n) is 9.53. The molecule has 9 N–H and O–H groups in total. The molecule has 0 spiro atoms. The minimum absolute atomic E-state index is 0.173. The van der Waals surface area contributed by atoms with Gasteiger partial charge in [0.1, 0.15) is 11.7 Å². The number of nitrogens with two attached hydrogens (primary N) is 3. The molecule has 1 aromatic heterocycles. The number of hydrogen-bond acceptors (Lipinski definition) is 6. The molecular formula is C29H40N7O3+. The van der Waals surface area contributed by atoms with Gasteiger partial charge < -0.3 is 32.7 Å². The first-order chi connectivity index (χ1) is 18.9. The number of aromatic nitrogens is 1. The van der Waals surface area contributed by atoms with Crippen molar-refractivity contribution in [2.75, 3.05) is 31.5 Å². The summed E-state index contributed by atoms with van der Waals surface area (Å²) in [5, 5.41) is 6.61. The lowest BCUT2D eigenvalue weighted by Crippen LogP contribution is -2.51. The summed E-state index contributed by atoms with van der Waals surface area (Å²) in [4.78, 5) is 44.0. The molecule has 10 nitrogen and oxygen atoms in total. The van der Waals surface area contributed by atoms with Gasteiger partial charge in [0.05, 0.1) is 12.5 Å². The van der Waals surface area contributed by atoms with Gasteiger partial charge >= 0.3 is 0 Å². The van der Waals surface area contributed by atoms with Gasteiger partial charge in [-0.25, -0.2) is 4.98 Å². The molecule has 0 aliphatic heterocycles. The van der Waals surface area contributed by atoms with E-state index in [1.54, 1.807) is 11.1 Å². The average molecular weight is 535 g/mol. The topological polar surface area (TPSA) is 171 Å². The molecule has 0 radical (unpaired) electrons. The van der Waals surface area contributed by atoms with Gasteiger partial charge in [-0.3, -0.25) is 14.4 Å². The highest BCUT2D eigenvalue weighted by Crippen LogP contribution is 2.15. The van der Waals surface area contributed by atoms with Gasteiger partial charge in [0.15, 0.2) is 6.20 Å². The Hall–Kier alpha value is -3.86. The second-order valence-corrected chi connectivity index (χ2v) is 9.53. The van der Waals surface area contributed by atoms with Crippen LogP contribution in [0, 0.1) is 0 Å². The van der Waals surface area contributed by atoms with Crippen molar-refractivity contribution in [3.63, 3.8) is 0 Å². The number of H-pyrrole nitrogens is 1. The third kappa shape index (κ3) is 9.43. The number of hydrogen-bond donors (Lipinski definition) is 5. The Morgan fingerprint density at radius 2 is 1.56 bits per heavy atom. The smallest absolute Gasteiger partial charge is 0.247 e. The normalized spacial score (nSPS) is 12.5. The molecule has 0 unspecified atom stereocenters. The van der Waals surface area contributed by atoms with Gasteiger partial charge in [0.2, 0.25) is 23.2 Å². The Balaban J connectivity index is 1.68. The number of carbonyl (C=O) groups is 3. The van der Waals surface area contributed by atoms with Crippen molar-refractivity contribution in [1.82, 2.24) is 10.2 Å². The molecule has 0 saturated carbocycles. The third-order valence-electron chi connectivity index (χ3n) is 6.47. The van der Waals surface area contributed by atoms with Crippen LogP contribution in [-0.4, -0.2) is 60.9 Å². The summed E-state index contributed by atoms with van der Waals surface area (Å²) in [6, 6.07) is 17.4. The van der Waals surface area contributed by atoms with Crippen molar-refractivity contribution in [2.24, 2.45) is 17.2 Å². The summed E-state index contributed by atoms with van der Waals surface area (Å²) in [6.07, 6.45) is 3.75. The summed E-state index contributed by atoms with van der Waals surface area (Å²) >= 11 is 0. The molecule has 0 fully saturated rings. The number of amides is 3. The molecule has 0 bridgehead atoms. The summed E-state index contributed by atoms with van der Waals surface area (Å²) < 4.78 is 0. The van der Waals surface area contributed by atoms with Crippen molar-refractivity contribution >= 4 is 34.3 Å². The maximum Gasteiger partial charge on any atom is 0.247 e. The molecule has 0 aliphatic rings. The lowest BCUT2D eigenvalue weighted by atomic mass is 10.0. The van der Waals surface area contributed by atoms with E-state index in [9.17, 15) is 14.4 Å². The van der Waals surface area contributed by atoms with Crippen LogP contribution in [0.1, 0.15) is 31.2 Å². The summed E-state index contributed by atoms with van der Waals surface area (Å²) in [6.45, 7) is 1.86. The van der Waals surface area contributed by atoms with Gasteiger partial charge in [-0.2, -0.15) is 0 Å². The molecule has 0 aliphatic carbocycles. The van der Waals surface area contributed by atoms with E-state index in [0.717, 1.165) is 16.5 Å². The number of carbonyl (C=O) groups excluding carboxylic acids is 3. The Bertz CT molecular complexity index is 1210. The van der Waals surface area contributed by atoms with Gasteiger partial charge in [-0.1, -0.05) is 42.5 Å². The van der Waals surface area contributed by atoms with Crippen LogP contribution in [0.4, 0.5) is 5.69 Å². The van der Waals surface area contributed by atoms with Crippen molar-refractivity contribution in [3.05, 3.63) is 72.4 Å². The van der Waals surface area contributed by atoms with E-state index in [0.29, 0.717) is 57.5 Å². The molecule has 3 aromatic rings. The van der Waals surface area contributed by atoms with Crippen molar-refractivity contribution < 1.29 is 19.4 Å². The number of para-hydroxylation sites is 1. The number of nitrogens with one attached hydrogen (secondary N) is 3. The SMILES string of the molecule is NCCCN(CCCN)C(=O)C[C@H](N)C(=O)N[C@@H](CCc1ccccc1)C(=O)Nc1c[nH+]c2ccccc2c1. The fourth-order valence-corrected chi connectivity index (χ4v) is 4.26. The minimum atomic E-state index is -1.10. The fraction of sp³-hybridized carbons (Fsp3) is 0.379. The number of anilines is 1. The number of aromatic amines is 1. The van der Waals surface area contributed by atoms with Crippen LogP contribution in [0.5, 0.6) is 0 Å². The molecule has 1 heterocycles. The molecule has 3 amide bonds. The highest BCUT2D eigenvalue weighted by atomic mass is 16.2. The fourth-order valence-electron chi connectivity index (χ4n) is 4.26. The zero-order valence-corrected chi connectivity index (χ0v) is 22.3. The first-order valence-electron chi connectivity index (χ1n) is 13.4. The largest absolute Gasteiger partial charge is 0.343 e. The minimum Gasteiger partial charge on any atom is -0.343 e. The van der Waals surface area contributed by atoms with Crippen molar-refractivity contribution in [2.45, 2.75) is 44.2 Å². The Labute approximate surface area is 229 Å². The van der Waals surface area contributed by atoms with Gasteiger partial charge in [-0.05, 0) is 56.5 Å². The quantitative estimate of drug-likeness (QED) is 0.194. The lowest BCUT2D eigenvalue weighted by Gasteiger charge is -2.25. The molecule has 3 rings (SSSR count). The van der Waals surface area contributed by atoms with Crippen LogP contribution in [0.3, 0.4) is 0 Å². The van der Waals surface area contributed by atoms with Crippen LogP contribution in [0.15, 0.2) is 66.9 Å². The highest BCUT2D eigenvalue weighted by Gasteiger charge is 2.27. The lowest BCUT2D eigenvalue weighted by molar-refractivity contribution is -0.343. The van der Waals surface area contributed by atoms with Gasteiger partial charge in [0, 0.05) is 24.5 Å². The van der Waals surface area contributed by atoms with Crippen LogP contribution >= 0.6 is 0 Å². The summed E-state index contributed by atoms with van der Waals surface area (Å²) in [5.74, 6) is -1.16. The Morgan fingerprint density at radius 1 is 0.897 bits per heavy atom. The van der Waals surface area contributed by atoms with Crippen LogP contribution in [0.25, 0.3) is 10.9 Å². The molecule has 39 heavy (non-hydrogen) atoms. The summed E-state index contributed by atoms with van der Waals surface area (Å²) in [7, 11) is 0. The molecule has 2 atom stereocenters. The number of benzene rings is 2. The van der Waals surface area contributed by atoms with Crippen LogP contribution < -0.4 is 32.8 Å². The molecule has 10 heteroatoms. The van der Waals surface area contributed by atoms with E-state index in [1.165, 1.54) is 0 Å². The van der Waals surface area contributed by atoms with E-state index in [4.69, 9.17) is 17.2 Å². The van der Waals surface area contributed by atoms with Crippen LogP contribution in [-0.2, 0) is 20.8 Å². The standard InChI is InChI=1S/C29H39N7O3/c30-14-6-16-36(17-7-15-31)27(37)19-24(32)28(38)35-26(13-12-21-8-2-1-3-9-21)29(39)34-23-18-22-10-4-5-11-25(22)33-20-23/h1-5,8-11,18,20,24,26H,6-7,12-17,19,30-32H2,(H,34,39)(H,35,38)/p+1/t24-,26-/m0/s1. The van der Waals surface area contributed by atoms with Gasteiger partial charge in [0.25, 0.3) is 0 Å². The van der Waals surface area contributed by atoms with E-state index < -0.39 is 18.0 Å². The maximum atomic E-state index is 13.3. The van der Waals surface area contributed by atoms with E-state index in [1.807, 2.05) is 60.7 Å². The first kappa shape index (κ1) is 29.7. The maximum absolute atomic E-state index is 13.3. The van der Waals surface area contributed by atoms with Gasteiger partial charge in [-0.15, -0.1) is 0 Å². The highest BCUT2D eigenvalue weighted by molar-refractivity contribution is 5.99. The molecule has 0 saturated heterocycles. The van der Waals surface area contributed by atoms with E-state index in [-0.39, 0.29) is 18.2 Å².